The van der Waals surface area contributed by atoms with Crippen molar-refractivity contribution in [3.8, 4) is 5.75 Å². The number of benzene rings is 1. The van der Waals surface area contributed by atoms with E-state index in [4.69, 9.17) is 4.74 Å². The van der Waals surface area contributed by atoms with E-state index in [-0.39, 0.29) is 36.6 Å². The summed E-state index contributed by atoms with van der Waals surface area (Å²) in [6, 6.07) is 4.67. The summed E-state index contributed by atoms with van der Waals surface area (Å²) in [5, 5.41) is 12.8. The molecule has 1 atom stereocenters. The molecule has 1 aliphatic heterocycles. The zero-order chi connectivity index (χ0) is 13.0. The molecule has 2 N–H and O–H groups in total. The van der Waals surface area contributed by atoms with Crippen LogP contribution in [0.1, 0.15) is 11.6 Å². The largest absolute Gasteiger partial charge is 0.494 e. The first kappa shape index (κ1) is 16.2. The number of hydrogen-bond donors (Lipinski definition) is 2. The van der Waals surface area contributed by atoms with Crippen LogP contribution in [0.3, 0.4) is 0 Å². The summed E-state index contributed by atoms with van der Waals surface area (Å²) >= 11 is 0. The zero-order valence-electron chi connectivity index (χ0n) is 10.9. The molecule has 4 nitrogen and oxygen atoms in total. The second kappa shape index (κ2) is 7.65. The molecule has 1 aromatic carbocycles. The van der Waals surface area contributed by atoms with Crippen molar-refractivity contribution in [2.75, 3.05) is 39.9 Å². The van der Waals surface area contributed by atoms with E-state index in [0.717, 1.165) is 31.7 Å². The Morgan fingerprint density at radius 1 is 1.42 bits per heavy atom. The lowest BCUT2D eigenvalue weighted by Crippen LogP contribution is -2.46. The molecule has 1 saturated heterocycles. The van der Waals surface area contributed by atoms with E-state index in [1.807, 2.05) is 0 Å². The Labute approximate surface area is 119 Å². The highest BCUT2D eigenvalue weighted by atomic mass is 35.5. The van der Waals surface area contributed by atoms with Gasteiger partial charge in [-0.2, -0.15) is 0 Å². The summed E-state index contributed by atoms with van der Waals surface area (Å²) in [6.07, 6.45) is 0. The summed E-state index contributed by atoms with van der Waals surface area (Å²) < 4.78 is 18.3. The first-order valence-electron chi connectivity index (χ1n) is 6.15. The minimum Gasteiger partial charge on any atom is -0.494 e. The van der Waals surface area contributed by atoms with Gasteiger partial charge in [0.2, 0.25) is 0 Å². The van der Waals surface area contributed by atoms with Crippen LogP contribution in [0, 0.1) is 5.82 Å². The first-order valence-corrected chi connectivity index (χ1v) is 6.15. The Morgan fingerprint density at radius 3 is 2.68 bits per heavy atom. The van der Waals surface area contributed by atoms with Gasteiger partial charge in [-0.15, -0.1) is 12.4 Å². The molecule has 1 fully saturated rings. The number of methoxy groups -OCH3 is 1. The fourth-order valence-electron chi connectivity index (χ4n) is 2.31. The Bertz CT molecular complexity index is 400. The first-order chi connectivity index (χ1) is 8.76. The number of aliphatic hydroxyl groups is 1. The van der Waals surface area contributed by atoms with Crippen LogP contribution in [0.25, 0.3) is 0 Å². The lowest BCUT2D eigenvalue weighted by molar-refractivity contribution is 0.110. The third-order valence-corrected chi connectivity index (χ3v) is 3.33. The molecular formula is C13H20ClFN2O2. The van der Waals surface area contributed by atoms with Gasteiger partial charge in [-0.3, -0.25) is 4.90 Å². The van der Waals surface area contributed by atoms with Gasteiger partial charge in [0.25, 0.3) is 0 Å². The van der Waals surface area contributed by atoms with Crippen molar-refractivity contribution in [3.63, 3.8) is 0 Å². The highest BCUT2D eigenvalue weighted by Crippen LogP contribution is 2.26. The van der Waals surface area contributed by atoms with Gasteiger partial charge in [-0.05, 0) is 17.7 Å². The molecule has 6 heteroatoms. The molecule has 0 aromatic heterocycles. The number of halogens is 2. The van der Waals surface area contributed by atoms with Gasteiger partial charge < -0.3 is 15.2 Å². The van der Waals surface area contributed by atoms with Gasteiger partial charge in [-0.1, -0.05) is 6.07 Å². The minimum atomic E-state index is -0.377. The van der Waals surface area contributed by atoms with Gasteiger partial charge in [-0.25, -0.2) is 4.39 Å². The van der Waals surface area contributed by atoms with Crippen molar-refractivity contribution in [1.82, 2.24) is 10.2 Å². The molecule has 0 bridgehead atoms. The molecule has 2 rings (SSSR count). The molecule has 1 heterocycles. The molecule has 0 amide bonds. The van der Waals surface area contributed by atoms with Crippen molar-refractivity contribution in [2.45, 2.75) is 6.04 Å². The van der Waals surface area contributed by atoms with Crippen LogP contribution >= 0.6 is 12.4 Å². The predicted molar refractivity (Wildman–Crippen MR) is 74.5 cm³/mol. The van der Waals surface area contributed by atoms with Gasteiger partial charge in [0.1, 0.15) is 0 Å². The van der Waals surface area contributed by atoms with Crippen molar-refractivity contribution >= 4 is 12.4 Å². The fourth-order valence-corrected chi connectivity index (χ4v) is 2.31. The average molecular weight is 291 g/mol. The SMILES string of the molecule is COc1cc([C@@H](CO)N2CCNCC2)ccc1F.Cl. The second-order valence-electron chi connectivity index (χ2n) is 4.38. The smallest absolute Gasteiger partial charge is 0.165 e. The van der Waals surface area contributed by atoms with E-state index in [9.17, 15) is 9.50 Å². The zero-order valence-corrected chi connectivity index (χ0v) is 11.8. The molecule has 1 aromatic rings. The summed E-state index contributed by atoms with van der Waals surface area (Å²) in [7, 11) is 1.45. The number of aliphatic hydroxyl groups excluding tert-OH is 1. The lowest BCUT2D eigenvalue weighted by atomic mass is 10.0. The van der Waals surface area contributed by atoms with Crippen molar-refractivity contribution < 1.29 is 14.2 Å². The van der Waals surface area contributed by atoms with Crippen LogP contribution in [-0.2, 0) is 0 Å². The topological polar surface area (TPSA) is 44.7 Å². The quantitative estimate of drug-likeness (QED) is 0.874. The average Bonchev–Trinajstić information content (AvgIpc) is 2.42. The number of piperazine rings is 1. The van der Waals surface area contributed by atoms with Crippen molar-refractivity contribution in [2.24, 2.45) is 0 Å². The minimum absolute atomic E-state index is 0. The Morgan fingerprint density at radius 2 is 2.11 bits per heavy atom. The second-order valence-corrected chi connectivity index (χ2v) is 4.38. The molecule has 108 valence electrons. The van der Waals surface area contributed by atoms with E-state index in [1.54, 1.807) is 12.1 Å². The Balaban J connectivity index is 0.00000180. The highest BCUT2D eigenvalue weighted by Gasteiger charge is 2.22. The van der Waals surface area contributed by atoms with Gasteiger partial charge in [0.05, 0.1) is 19.8 Å². The maximum Gasteiger partial charge on any atom is 0.165 e. The van der Waals surface area contributed by atoms with Crippen molar-refractivity contribution in [1.29, 1.82) is 0 Å². The number of hydrogen-bond acceptors (Lipinski definition) is 4. The maximum atomic E-state index is 13.4. The molecule has 0 unspecified atom stereocenters. The molecule has 0 saturated carbocycles. The van der Waals surface area contributed by atoms with Crippen LogP contribution in [0.4, 0.5) is 4.39 Å². The van der Waals surface area contributed by atoms with E-state index >= 15 is 0 Å². The normalized spacial score (nSPS) is 17.6. The summed E-state index contributed by atoms with van der Waals surface area (Å²) in [5.41, 5.74) is 0.887. The Kier molecular flexibility index (Phi) is 6.51. The molecule has 0 aliphatic carbocycles. The summed E-state index contributed by atoms with van der Waals surface area (Å²) in [6.45, 7) is 3.61. The summed E-state index contributed by atoms with van der Waals surface area (Å²) in [5.74, 6) is -0.153. The van der Waals surface area contributed by atoms with Crippen molar-refractivity contribution in [3.05, 3.63) is 29.6 Å². The molecule has 0 spiro atoms. The van der Waals surface area contributed by atoms with E-state index in [0.29, 0.717) is 0 Å². The number of ether oxygens (including phenoxy) is 1. The number of rotatable bonds is 4. The predicted octanol–water partition coefficient (Wildman–Crippen LogP) is 1.19. The molecule has 1 aliphatic rings. The van der Waals surface area contributed by atoms with Gasteiger partial charge >= 0.3 is 0 Å². The van der Waals surface area contributed by atoms with Gasteiger partial charge in [0.15, 0.2) is 11.6 Å². The number of nitrogens with one attached hydrogen (secondary N) is 1. The van der Waals surface area contributed by atoms with Crippen LogP contribution in [0.15, 0.2) is 18.2 Å². The van der Waals surface area contributed by atoms with Gasteiger partial charge in [0, 0.05) is 26.2 Å². The number of nitrogens with zero attached hydrogens (tertiary/aromatic N) is 1. The van der Waals surface area contributed by atoms with Crippen LogP contribution in [-0.4, -0.2) is 49.9 Å². The van der Waals surface area contributed by atoms with E-state index in [1.165, 1.54) is 13.2 Å². The van der Waals surface area contributed by atoms with E-state index in [2.05, 4.69) is 10.2 Å². The standard InChI is InChI=1S/C13H19FN2O2.ClH/c1-18-13-8-10(2-3-11(13)14)12(9-17)16-6-4-15-5-7-16;/h2-3,8,12,15,17H,4-7,9H2,1H3;1H/t12-;/m1./s1. The monoisotopic (exact) mass is 290 g/mol. The van der Waals surface area contributed by atoms with Crippen LogP contribution in [0.5, 0.6) is 5.75 Å². The molecular weight excluding hydrogens is 271 g/mol. The van der Waals surface area contributed by atoms with Crippen LogP contribution in [0.2, 0.25) is 0 Å². The van der Waals surface area contributed by atoms with E-state index < -0.39 is 0 Å². The highest BCUT2D eigenvalue weighted by molar-refractivity contribution is 5.85. The third kappa shape index (κ3) is 3.79. The molecule has 0 radical (unpaired) electrons. The lowest BCUT2D eigenvalue weighted by Gasteiger charge is -2.34. The fraction of sp³-hybridized carbons (Fsp3) is 0.538. The molecule has 19 heavy (non-hydrogen) atoms. The Hall–Kier alpha value is -0.880. The summed E-state index contributed by atoms with van der Waals surface area (Å²) in [4.78, 5) is 2.20. The van der Waals surface area contributed by atoms with Crippen LogP contribution < -0.4 is 10.1 Å². The third-order valence-electron chi connectivity index (χ3n) is 3.33. The maximum absolute atomic E-state index is 13.4.